The Hall–Kier alpha value is -4.76. The van der Waals surface area contributed by atoms with Crippen molar-refractivity contribution in [2.75, 3.05) is 26.7 Å². The van der Waals surface area contributed by atoms with Crippen molar-refractivity contribution in [2.45, 2.75) is 38.0 Å². The zero-order valence-corrected chi connectivity index (χ0v) is 26.6. The predicted molar refractivity (Wildman–Crippen MR) is 159 cm³/mol. The Morgan fingerprint density at radius 3 is 1.82 bits per heavy atom. The number of alkyl halides is 9. The first-order chi connectivity index (χ1) is 23.0. The molecule has 1 aliphatic rings. The Bertz CT molecular complexity index is 1670. The number of halogens is 9. The second-order valence-electron chi connectivity index (χ2n) is 10.2. The molecule has 1 fully saturated rings. The van der Waals surface area contributed by atoms with E-state index in [9.17, 15) is 39.5 Å². The third kappa shape index (κ3) is 12.6. The lowest BCUT2D eigenvalue weighted by Gasteiger charge is -2.38. The minimum Gasteiger partial charge on any atom is -0.475 e. The first-order valence-corrected chi connectivity index (χ1v) is 14.6. The fourth-order valence-electron chi connectivity index (χ4n) is 4.11. The normalized spacial score (nSPS) is 15.5. The molecular formula is C29H28F9N5O6S. The molecule has 1 unspecified atom stereocenters. The molecule has 0 radical (unpaired) electrons. The minimum absolute atomic E-state index is 0.300. The van der Waals surface area contributed by atoms with Gasteiger partial charge < -0.3 is 15.3 Å². The number of piperazine rings is 1. The van der Waals surface area contributed by atoms with E-state index in [0.29, 0.717) is 6.04 Å². The van der Waals surface area contributed by atoms with E-state index in [0.717, 1.165) is 48.8 Å². The summed E-state index contributed by atoms with van der Waals surface area (Å²) in [5, 5.41) is 23.6. The number of carboxylic acids is 3. The van der Waals surface area contributed by atoms with Crippen LogP contribution in [0, 0.1) is 6.92 Å². The standard InChI is InChI=1S/C23H25N5S.3C2HF3O2/c1-17-8-13-29-22(17)16-27-12-11-26(2)21(15-27)19-14-28-20(4-3-5-23(28)25-19)18-6-9-24-10-7-18;3*3-2(4,5)1(6)7/h3-10,13-14,21H,11-12,15-16H2,1-2H3;3*(H,6,7). The first kappa shape index (κ1) is 41.4. The maximum Gasteiger partial charge on any atom is 0.490 e. The van der Waals surface area contributed by atoms with E-state index in [1.54, 1.807) is 0 Å². The van der Waals surface area contributed by atoms with Crippen LogP contribution in [0.25, 0.3) is 16.9 Å². The number of carboxylic acid groups (broad SMARTS) is 3. The molecule has 50 heavy (non-hydrogen) atoms. The molecule has 0 amide bonds. The molecule has 0 bridgehead atoms. The highest BCUT2D eigenvalue weighted by Gasteiger charge is 2.39. The SMILES string of the molecule is Cc1ccsc1CN1CCN(C)C(c2cn3c(-c4ccncc4)cccc3n2)C1.O=C(O)C(F)(F)F.O=C(O)C(F)(F)F.O=C(O)C(F)(F)F. The molecule has 1 saturated heterocycles. The molecule has 4 aromatic heterocycles. The largest absolute Gasteiger partial charge is 0.490 e. The number of likely N-dealkylation sites (N-methyl/N-ethyl adjacent to an activating group) is 1. The van der Waals surface area contributed by atoms with Gasteiger partial charge >= 0.3 is 36.4 Å². The maximum atomic E-state index is 10.6. The second kappa shape index (κ2) is 17.3. The number of pyridine rings is 2. The molecule has 0 aliphatic carbocycles. The van der Waals surface area contributed by atoms with Gasteiger partial charge in [-0.1, -0.05) is 6.07 Å². The summed E-state index contributed by atoms with van der Waals surface area (Å²) >= 11 is 1.86. The highest BCUT2D eigenvalue weighted by Crippen LogP contribution is 2.28. The van der Waals surface area contributed by atoms with Gasteiger partial charge in [-0.3, -0.25) is 19.2 Å². The van der Waals surface area contributed by atoms with Crippen LogP contribution in [0.2, 0.25) is 0 Å². The number of aliphatic carboxylic acids is 3. The zero-order valence-electron chi connectivity index (χ0n) is 25.8. The van der Waals surface area contributed by atoms with Gasteiger partial charge in [-0.15, -0.1) is 11.3 Å². The molecule has 4 aromatic rings. The highest BCUT2D eigenvalue weighted by atomic mass is 32.1. The Kier molecular flexibility index (Phi) is 14.3. The average Bonchev–Trinajstić information content (AvgIpc) is 3.63. The number of carbonyl (C=O) groups is 3. The Morgan fingerprint density at radius 2 is 1.36 bits per heavy atom. The topological polar surface area (TPSA) is 149 Å². The minimum atomic E-state index is -5.08. The van der Waals surface area contributed by atoms with Crippen molar-refractivity contribution >= 4 is 34.9 Å². The van der Waals surface area contributed by atoms with Crippen molar-refractivity contribution in [3.8, 4) is 11.3 Å². The summed E-state index contributed by atoms with van der Waals surface area (Å²) in [5.74, 6) is -8.27. The van der Waals surface area contributed by atoms with Gasteiger partial charge in [0.2, 0.25) is 0 Å². The average molecular weight is 746 g/mol. The number of imidazole rings is 1. The zero-order chi connectivity index (χ0) is 38.0. The summed E-state index contributed by atoms with van der Waals surface area (Å²) in [5.41, 5.74) is 5.84. The lowest BCUT2D eigenvalue weighted by molar-refractivity contribution is -0.193. The lowest BCUT2D eigenvalue weighted by Crippen LogP contribution is -2.46. The molecule has 274 valence electrons. The summed E-state index contributed by atoms with van der Waals surface area (Å²) in [7, 11) is 2.21. The number of aryl methyl sites for hydroxylation is 1. The van der Waals surface area contributed by atoms with Crippen LogP contribution >= 0.6 is 11.3 Å². The van der Waals surface area contributed by atoms with Crippen molar-refractivity contribution in [3.63, 3.8) is 0 Å². The number of aromatic nitrogens is 3. The quantitative estimate of drug-likeness (QED) is 0.208. The molecule has 5 heterocycles. The monoisotopic (exact) mass is 745 g/mol. The van der Waals surface area contributed by atoms with E-state index in [1.165, 1.54) is 10.4 Å². The van der Waals surface area contributed by atoms with E-state index in [-0.39, 0.29) is 0 Å². The summed E-state index contributed by atoms with van der Waals surface area (Å²) in [6.07, 6.45) is -9.36. The van der Waals surface area contributed by atoms with Crippen LogP contribution in [-0.4, -0.2) is 103 Å². The maximum absolute atomic E-state index is 10.6. The summed E-state index contributed by atoms with van der Waals surface area (Å²) in [4.78, 5) is 42.3. The van der Waals surface area contributed by atoms with Gasteiger partial charge in [-0.2, -0.15) is 39.5 Å². The summed E-state index contributed by atoms with van der Waals surface area (Å²) in [6, 6.07) is 12.9. The smallest absolute Gasteiger partial charge is 0.475 e. The molecule has 1 atom stereocenters. The number of nitrogens with zero attached hydrogens (tertiary/aromatic N) is 5. The molecule has 11 nitrogen and oxygen atoms in total. The third-order valence-electron chi connectivity index (χ3n) is 6.62. The van der Waals surface area contributed by atoms with E-state index < -0.39 is 36.4 Å². The summed E-state index contributed by atoms with van der Waals surface area (Å²) in [6.45, 7) is 6.40. The molecule has 3 N–H and O–H groups in total. The van der Waals surface area contributed by atoms with Crippen LogP contribution in [0.1, 0.15) is 22.2 Å². The van der Waals surface area contributed by atoms with Gasteiger partial charge in [-0.25, -0.2) is 19.4 Å². The lowest BCUT2D eigenvalue weighted by atomic mass is 10.1. The molecule has 5 rings (SSSR count). The highest BCUT2D eigenvalue weighted by molar-refractivity contribution is 7.10. The van der Waals surface area contributed by atoms with Gasteiger partial charge in [0.15, 0.2) is 0 Å². The number of fused-ring (bicyclic) bond motifs is 1. The number of hydrogen-bond donors (Lipinski definition) is 3. The van der Waals surface area contributed by atoms with Crippen molar-refractivity contribution in [3.05, 3.63) is 76.5 Å². The molecular weight excluding hydrogens is 717 g/mol. The van der Waals surface area contributed by atoms with Gasteiger partial charge in [-0.05, 0) is 55.2 Å². The van der Waals surface area contributed by atoms with Crippen molar-refractivity contribution in [1.29, 1.82) is 0 Å². The third-order valence-corrected chi connectivity index (χ3v) is 7.63. The van der Waals surface area contributed by atoms with Gasteiger partial charge in [0, 0.05) is 55.2 Å². The first-order valence-electron chi connectivity index (χ1n) is 13.8. The van der Waals surface area contributed by atoms with E-state index in [4.69, 9.17) is 34.7 Å². The number of hydrogen-bond acceptors (Lipinski definition) is 8. The Labute approximate surface area is 280 Å². The molecule has 21 heteroatoms. The van der Waals surface area contributed by atoms with Crippen LogP contribution in [0.5, 0.6) is 0 Å². The number of rotatable bonds is 4. The Morgan fingerprint density at radius 1 is 0.840 bits per heavy atom. The molecule has 1 aliphatic heterocycles. The van der Waals surface area contributed by atoms with E-state index in [2.05, 4.69) is 69.0 Å². The van der Waals surface area contributed by atoms with E-state index in [1.807, 2.05) is 35.9 Å². The van der Waals surface area contributed by atoms with Crippen molar-refractivity contribution < 1.29 is 69.2 Å². The molecule has 0 aromatic carbocycles. The van der Waals surface area contributed by atoms with Crippen LogP contribution < -0.4 is 0 Å². The van der Waals surface area contributed by atoms with Crippen LogP contribution in [0.4, 0.5) is 39.5 Å². The van der Waals surface area contributed by atoms with Crippen molar-refractivity contribution in [2.24, 2.45) is 0 Å². The Balaban J connectivity index is 0.000000338. The van der Waals surface area contributed by atoms with Gasteiger partial charge in [0.05, 0.1) is 17.4 Å². The van der Waals surface area contributed by atoms with E-state index >= 15 is 0 Å². The molecule has 0 spiro atoms. The fourth-order valence-corrected chi connectivity index (χ4v) is 5.06. The van der Waals surface area contributed by atoms with Gasteiger partial charge in [0.25, 0.3) is 0 Å². The van der Waals surface area contributed by atoms with Gasteiger partial charge in [0.1, 0.15) is 5.65 Å². The second-order valence-corrected chi connectivity index (χ2v) is 11.2. The molecule has 0 saturated carbocycles. The summed E-state index contributed by atoms with van der Waals surface area (Å²) < 4.78 is 97.4. The van der Waals surface area contributed by atoms with Crippen LogP contribution in [-0.2, 0) is 20.9 Å². The van der Waals surface area contributed by atoms with Crippen LogP contribution in [0.15, 0.2) is 60.4 Å². The predicted octanol–water partition coefficient (Wildman–Crippen LogP) is 6.15. The van der Waals surface area contributed by atoms with Crippen molar-refractivity contribution in [1.82, 2.24) is 24.2 Å². The fraction of sp³-hybridized carbons (Fsp3) is 0.345. The van der Waals surface area contributed by atoms with Crippen LogP contribution in [0.3, 0.4) is 0 Å². The number of thiophene rings is 1.